The van der Waals surface area contributed by atoms with Gasteiger partial charge >= 0.3 is 0 Å². The van der Waals surface area contributed by atoms with Crippen molar-refractivity contribution < 1.29 is 4.79 Å². The fraction of sp³-hybridized carbons (Fsp3) is 0.324. The topological polar surface area (TPSA) is 17.1 Å². The van der Waals surface area contributed by atoms with Crippen LogP contribution in [0.15, 0.2) is 103 Å². The average Bonchev–Trinajstić information content (AvgIpc) is 2.89. The van der Waals surface area contributed by atoms with E-state index in [1.54, 1.807) is 0 Å². The van der Waals surface area contributed by atoms with Gasteiger partial charge < -0.3 is 0 Å². The number of likely N-dealkylation sites (N-methyl/N-ethyl adjacent to an activating group) is 1. The minimum Gasteiger partial charge on any atom is -0.299 e. The van der Waals surface area contributed by atoms with E-state index in [-0.39, 0.29) is 0 Å². The van der Waals surface area contributed by atoms with Crippen LogP contribution in [0.1, 0.15) is 36.0 Å². The molecule has 0 saturated carbocycles. The molecule has 0 aromatic heterocycles. The second-order valence-corrected chi connectivity index (χ2v) is 11.5. The number of benzene rings is 3. The van der Waals surface area contributed by atoms with Crippen LogP contribution in [0.25, 0.3) is 0 Å². The Balaban J connectivity index is 1.27. The number of Topliss-reactive ketones (excluding diaryl/α,β-unsaturated/α-hetero) is 1. The summed E-state index contributed by atoms with van der Waals surface area (Å²) in [5.41, 5.74) is 7.70. The standard InChI is InChI=1S/C34H42N2O/c1-35(2,26-30-11-7-5-8-12-30)32-20-15-28(16-21-32)19-24-34(37)25-29-17-22-33(23-18-29)36(3,4)27-31-13-9-6-10-14-31/h5-7,9-11,13-18,20-23H,8,12,19,24-27H2,1-4H3/q+2. The lowest BCUT2D eigenvalue weighted by Gasteiger charge is -2.31. The Morgan fingerprint density at radius 2 is 1.30 bits per heavy atom. The third-order valence-electron chi connectivity index (χ3n) is 7.48. The summed E-state index contributed by atoms with van der Waals surface area (Å²) < 4.78 is 1.62. The van der Waals surface area contributed by atoms with Crippen LogP contribution in [0.5, 0.6) is 0 Å². The average molecular weight is 495 g/mol. The van der Waals surface area contributed by atoms with Gasteiger partial charge in [0.15, 0.2) is 0 Å². The predicted molar refractivity (Wildman–Crippen MR) is 159 cm³/mol. The van der Waals surface area contributed by atoms with Gasteiger partial charge in [0.2, 0.25) is 0 Å². The number of hydrogen-bond donors (Lipinski definition) is 0. The van der Waals surface area contributed by atoms with Crippen LogP contribution < -0.4 is 8.97 Å². The molecule has 0 bridgehead atoms. The number of hydrogen-bond acceptors (Lipinski definition) is 1. The van der Waals surface area contributed by atoms with E-state index in [4.69, 9.17) is 0 Å². The summed E-state index contributed by atoms with van der Waals surface area (Å²) in [6.07, 6.45) is 10.9. The van der Waals surface area contributed by atoms with E-state index in [0.29, 0.717) is 18.6 Å². The van der Waals surface area contributed by atoms with E-state index in [0.717, 1.165) is 46.9 Å². The van der Waals surface area contributed by atoms with Crippen LogP contribution in [0.2, 0.25) is 0 Å². The molecule has 0 aliphatic heterocycles. The molecule has 3 aromatic carbocycles. The van der Waals surface area contributed by atoms with Crippen molar-refractivity contribution in [1.82, 2.24) is 8.97 Å². The van der Waals surface area contributed by atoms with Crippen LogP contribution in [-0.4, -0.2) is 40.5 Å². The monoisotopic (exact) mass is 494 g/mol. The summed E-state index contributed by atoms with van der Waals surface area (Å²) >= 11 is 0. The lowest BCUT2D eigenvalue weighted by molar-refractivity contribution is -0.118. The van der Waals surface area contributed by atoms with Crippen molar-refractivity contribution in [3.8, 4) is 0 Å². The van der Waals surface area contributed by atoms with Crippen molar-refractivity contribution in [3.63, 3.8) is 0 Å². The number of carbonyl (C=O) groups excluding carboxylic acids is 1. The van der Waals surface area contributed by atoms with Crippen molar-refractivity contribution >= 4 is 17.2 Å². The Hall–Kier alpha value is -3.27. The molecular formula is C34H42N2O+2. The number of allylic oxidation sites excluding steroid dienone is 3. The lowest BCUT2D eigenvalue weighted by atomic mass is 10.0. The smallest absolute Gasteiger partial charge is 0.137 e. The lowest BCUT2D eigenvalue weighted by Crippen LogP contribution is -2.42. The third kappa shape index (κ3) is 7.61. The van der Waals surface area contributed by atoms with Gasteiger partial charge in [-0.2, -0.15) is 0 Å². The first-order valence-corrected chi connectivity index (χ1v) is 13.5. The molecule has 0 saturated heterocycles. The molecule has 3 aromatic rings. The van der Waals surface area contributed by atoms with Crippen molar-refractivity contribution in [1.29, 1.82) is 0 Å². The van der Waals surface area contributed by atoms with Crippen molar-refractivity contribution in [3.05, 3.63) is 119 Å². The summed E-state index contributed by atoms with van der Waals surface area (Å²) in [7, 11) is 8.99. The molecule has 3 nitrogen and oxygen atoms in total. The molecule has 0 spiro atoms. The second kappa shape index (κ2) is 11.9. The van der Waals surface area contributed by atoms with Gasteiger partial charge in [0, 0.05) is 18.4 Å². The van der Waals surface area contributed by atoms with E-state index in [2.05, 4.69) is 125 Å². The van der Waals surface area contributed by atoms with Gasteiger partial charge in [0.05, 0.1) is 28.2 Å². The van der Waals surface area contributed by atoms with Crippen molar-refractivity contribution in [2.24, 2.45) is 0 Å². The summed E-state index contributed by atoms with van der Waals surface area (Å²) in [6.45, 7) is 1.96. The number of ketones is 1. The van der Waals surface area contributed by atoms with E-state index in [1.165, 1.54) is 28.1 Å². The molecule has 4 rings (SSSR count). The van der Waals surface area contributed by atoms with Gasteiger partial charge in [-0.3, -0.25) is 13.8 Å². The molecule has 1 aliphatic rings. The first-order valence-electron chi connectivity index (χ1n) is 13.5. The first-order chi connectivity index (χ1) is 17.7. The SMILES string of the molecule is C[N+](C)(CC1=CC=CCC1)c1ccc(CCC(=O)Cc2ccc([N+](C)(C)Cc3ccccc3)cc2)cc1. The number of nitrogens with zero attached hydrogens (tertiary/aromatic N) is 2. The second-order valence-electron chi connectivity index (χ2n) is 11.5. The Kier molecular flexibility index (Phi) is 8.58. The van der Waals surface area contributed by atoms with E-state index < -0.39 is 0 Å². The van der Waals surface area contributed by atoms with Crippen molar-refractivity contribution in [2.45, 2.75) is 38.6 Å². The molecule has 0 radical (unpaired) electrons. The largest absolute Gasteiger partial charge is 0.299 e. The van der Waals surface area contributed by atoms with Gasteiger partial charge in [-0.25, -0.2) is 0 Å². The molecule has 1 aliphatic carbocycles. The quantitative estimate of drug-likeness (QED) is 0.261. The zero-order valence-electron chi connectivity index (χ0n) is 23.0. The highest BCUT2D eigenvalue weighted by Crippen LogP contribution is 2.25. The van der Waals surface area contributed by atoms with Crippen LogP contribution in [0, 0.1) is 0 Å². The Bertz CT molecular complexity index is 1230. The summed E-state index contributed by atoms with van der Waals surface area (Å²) in [5, 5.41) is 0. The zero-order chi connectivity index (χ0) is 26.3. The molecule has 0 N–H and O–H groups in total. The minimum atomic E-state index is 0.295. The molecule has 3 heteroatoms. The molecule has 0 amide bonds. The normalized spacial score (nSPS) is 13.9. The van der Waals surface area contributed by atoms with Crippen LogP contribution in [0.3, 0.4) is 0 Å². The Morgan fingerprint density at radius 3 is 1.89 bits per heavy atom. The molecule has 192 valence electrons. The summed E-state index contributed by atoms with van der Waals surface area (Å²) in [5.74, 6) is 0.295. The van der Waals surface area contributed by atoms with Crippen molar-refractivity contribution in [2.75, 3.05) is 34.7 Å². The van der Waals surface area contributed by atoms with Crippen LogP contribution >= 0.6 is 0 Å². The van der Waals surface area contributed by atoms with Crippen LogP contribution in [0.4, 0.5) is 11.4 Å². The minimum absolute atomic E-state index is 0.295. The van der Waals surface area contributed by atoms with Crippen LogP contribution in [-0.2, 0) is 24.2 Å². The molecular weight excluding hydrogens is 452 g/mol. The number of aryl methyl sites for hydroxylation is 1. The highest BCUT2D eigenvalue weighted by Gasteiger charge is 2.22. The zero-order valence-corrected chi connectivity index (χ0v) is 23.0. The predicted octanol–water partition coefficient (Wildman–Crippen LogP) is 7.04. The third-order valence-corrected chi connectivity index (χ3v) is 7.48. The maximum Gasteiger partial charge on any atom is 0.137 e. The van der Waals surface area contributed by atoms with Gasteiger partial charge in [0.25, 0.3) is 0 Å². The molecule has 37 heavy (non-hydrogen) atoms. The summed E-state index contributed by atoms with van der Waals surface area (Å²) in [6, 6.07) is 28.0. The van der Waals surface area contributed by atoms with E-state index in [9.17, 15) is 4.79 Å². The van der Waals surface area contributed by atoms with Gasteiger partial charge in [-0.15, -0.1) is 0 Å². The highest BCUT2D eigenvalue weighted by atomic mass is 16.1. The van der Waals surface area contributed by atoms with Gasteiger partial charge in [-0.1, -0.05) is 72.8 Å². The van der Waals surface area contributed by atoms with E-state index in [1.807, 2.05) is 0 Å². The molecule has 0 atom stereocenters. The fourth-order valence-corrected chi connectivity index (χ4v) is 5.20. The molecule has 0 unspecified atom stereocenters. The number of quaternary nitrogens is 2. The van der Waals surface area contributed by atoms with Gasteiger partial charge in [-0.05, 0) is 60.2 Å². The summed E-state index contributed by atoms with van der Waals surface area (Å²) in [4.78, 5) is 12.7. The highest BCUT2D eigenvalue weighted by molar-refractivity contribution is 5.81. The fourth-order valence-electron chi connectivity index (χ4n) is 5.20. The Morgan fingerprint density at radius 1 is 0.703 bits per heavy atom. The van der Waals surface area contributed by atoms with E-state index >= 15 is 0 Å². The number of rotatable bonds is 11. The maximum atomic E-state index is 12.7. The molecule has 0 fully saturated rings. The Labute approximate surface area is 223 Å². The molecule has 0 heterocycles. The first kappa shape index (κ1) is 26.8. The number of carbonyl (C=O) groups is 1. The maximum absolute atomic E-state index is 12.7. The van der Waals surface area contributed by atoms with Gasteiger partial charge in [0.1, 0.15) is 30.2 Å².